The molecule has 4 heteroatoms. The van der Waals surface area contributed by atoms with Gasteiger partial charge in [-0.25, -0.2) is 0 Å². The number of H-pyrrole nitrogens is 1. The van der Waals surface area contributed by atoms with Crippen molar-refractivity contribution in [2.24, 2.45) is 11.7 Å². The molecule has 138 valence electrons. The maximum Gasteiger partial charge on any atom is 0.221 e. The summed E-state index contributed by atoms with van der Waals surface area (Å²) < 4.78 is 5.88. The molecule has 0 radical (unpaired) electrons. The highest BCUT2D eigenvalue weighted by Crippen LogP contribution is 2.37. The van der Waals surface area contributed by atoms with Crippen molar-refractivity contribution in [1.29, 1.82) is 0 Å². The van der Waals surface area contributed by atoms with E-state index in [0.29, 0.717) is 25.4 Å². The number of nitrogens with two attached hydrogens (primary N) is 1. The van der Waals surface area contributed by atoms with Gasteiger partial charge in [0.2, 0.25) is 5.91 Å². The fraction of sp³-hybridized carbons (Fsp3) is 0.261. The summed E-state index contributed by atoms with van der Waals surface area (Å²) >= 11 is 0. The Kier molecular flexibility index (Phi) is 4.97. The van der Waals surface area contributed by atoms with E-state index in [4.69, 9.17) is 10.5 Å². The van der Waals surface area contributed by atoms with E-state index in [2.05, 4.69) is 35.3 Å². The third-order valence-electron chi connectivity index (χ3n) is 5.29. The molecule has 4 rings (SSSR count). The van der Waals surface area contributed by atoms with Crippen LogP contribution >= 0.6 is 0 Å². The van der Waals surface area contributed by atoms with Crippen LogP contribution in [-0.4, -0.2) is 17.5 Å². The van der Waals surface area contributed by atoms with Crippen molar-refractivity contribution in [3.05, 3.63) is 89.2 Å². The molecule has 3 N–H and O–H groups in total. The summed E-state index contributed by atoms with van der Waals surface area (Å²) in [5.41, 5.74) is 10.4. The molecule has 27 heavy (non-hydrogen) atoms. The van der Waals surface area contributed by atoms with Gasteiger partial charge in [0.1, 0.15) is 5.75 Å². The first-order valence-electron chi connectivity index (χ1n) is 9.40. The smallest absolute Gasteiger partial charge is 0.221 e. The number of fused-ring (bicyclic) bond motifs is 1. The standard InChI is InChI=1S/C23H24N2O2/c24-23(26)18(14-20-7-4-10-25-20)12-17-8-9-22-21(13-17)19(15-27-22)11-16-5-2-1-3-6-16/h1-10,13,18-19,25H,11-12,14-15H2,(H2,24,26). The lowest BCUT2D eigenvalue weighted by atomic mass is 9.89. The number of rotatable bonds is 7. The van der Waals surface area contributed by atoms with Crippen LogP contribution in [0.25, 0.3) is 0 Å². The molecule has 1 aliphatic rings. The molecule has 0 saturated carbocycles. The first-order valence-corrected chi connectivity index (χ1v) is 9.40. The third kappa shape index (κ3) is 4.05. The molecule has 1 aliphatic heterocycles. The molecule has 1 amide bonds. The lowest BCUT2D eigenvalue weighted by Gasteiger charge is -2.14. The summed E-state index contributed by atoms with van der Waals surface area (Å²) in [7, 11) is 0. The van der Waals surface area contributed by atoms with Crippen molar-refractivity contribution in [3.63, 3.8) is 0 Å². The van der Waals surface area contributed by atoms with E-state index < -0.39 is 0 Å². The van der Waals surface area contributed by atoms with Gasteiger partial charge in [0.15, 0.2) is 0 Å². The molecule has 0 spiro atoms. The number of primary amides is 1. The minimum atomic E-state index is -0.262. The number of aromatic nitrogens is 1. The van der Waals surface area contributed by atoms with E-state index in [1.54, 1.807) is 0 Å². The van der Waals surface area contributed by atoms with Crippen LogP contribution in [0.3, 0.4) is 0 Å². The van der Waals surface area contributed by atoms with Gasteiger partial charge in [0, 0.05) is 29.3 Å². The fourth-order valence-corrected chi connectivity index (χ4v) is 3.84. The third-order valence-corrected chi connectivity index (χ3v) is 5.29. The second kappa shape index (κ2) is 7.70. The zero-order chi connectivity index (χ0) is 18.6. The lowest BCUT2D eigenvalue weighted by molar-refractivity contribution is -0.121. The van der Waals surface area contributed by atoms with Gasteiger partial charge in [-0.05, 0) is 48.6 Å². The zero-order valence-corrected chi connectivity index (χ0v) is 15.2. The van der Waals surface area contributed by atoms with Crippen LogP contribution in [0, 0.1) is 5.92 Å². The van der Waals surface area contributed by atoms with Crippen LogP contribution in [-0.2, 0) is 24.1 Å². The molecule has 2 atom stereocenters. The Morgan fingerprint density at radius 3 is 2.67 bits per heavy atom. The SMILES string of the molecule is NC(=O)C(Cc1ccc2c(c1)C(Cc1ccccc1)CO2)Cc1ccc[nH]1. The minimum absolute atomic E-state index is 0.225. The molecule has 0 aliphatic carbocycles. The summed E-state index contributed by atoms with van der Waals surface area (Å²) in [5.74, 6) is 0.816. The normalized spacial score (nSPS) is 16.5. The predicted octanol–water partition coefficient (Wildman–Crippen LogP) is 3.62. The topological polar surface area (TPSA) is 68.1 Å². The van der Waals surface area contributed by atoms with E-state index in [1.165, 1.54) is 11.1 Å². The monoisotopic (exact) mass is 360 g/mol. The second-order valence-corrected chi connectivity index (χ2v) is 7.27. The van der Waals surface area contributed by atoms with Crippen LogP contribution in [0.5, 0.6) is 5.75 Å². The Labute approximate surface area is 159 Å². The maximum atomic E-state index is 12.0. The van der Waals surface area contributed by atoms with Crippen LogP contribution in [0.1, 0.15) is 28.3 Å². The van der Waals surface area contributed by atoms with Crippen molar-refractivity contribution < 1.29 is 9.53 Å². The van der Waals surface area contributed by atoms with Gasteiger partial charge in [-0.1, -0.05) is 42.5 Å². The minimum Gasteiger partial charge on any atom is -0.493 e. The van der Waals surface area contributed by atoms with Gasteiger partial charge in [0.25, 0.3) is 0 Å². The number of carbonyl (C=O) groups excluding carboxylic acids is 1. The van der Waals surface area contributed by atoms with Gasteiger partial charge in [-0.2, -0.15) is 0 Å². The van der Waals surface area contributed by atoms with Crippen LogP contribution in [0.2, 0.25) is 0 Å². The average molecular weight is 360 g/mol. The van der Waals surface area contributed by atoms with Crippen LogP contribution in [0.15, 0.2) is 66.9 Å². The number of aromatic amines is 1. The molecule has 2 heterocycles. The molecular weight excluding hydrogens is 336 g/mol. The highest BCUT2D eigenvalue weighted by Gasteiger charge is 2.25. The summed E-state index contributed by atoms with van der Waals surface area (Å²) in [6.45, 7) is 0.704. The van der Waals surface area contributed by atoms with Gasteiger partial charge >= 0.3 is 0 Å². The first-order chi connectivity index (χ1) is 13.2. The van der Waals surface area contributed by atoms with E-state index in [-0.39, 0.29) is 11.8 Å². The van der Waals surface area contributed by atoms with Gasteiger partial charge < -0.3 is 15.5 Å². The lowest BCUT2D eigenvalue weighted by Crippen LogP contribution is -2.27. The Morgan fingerprint density at radius 1 is 1.07 bits per heavy atom. The Bertz CT molecular complexity index is 903. The largest absolute Gasteiger partial charge is 0.493 e. The van der Waals surface area contributed by atoms with E-state index in [9.17, 15) is 4.79 Å². The van der Waals surface area contributed by atoms with Crippen molar-refractivity contribution in [3.8, 4) is 5.75 Å². The second-order valence-electron chi connectivity index (χ2n) is 7.27. The molecule has 4 nitrogen and oxygen atoms in total. The first kappa shape index (κ1) is 17.4. The molecule has 0 saturated heterocycles. The summed E-state index contributed by atoms with van der Waals surface area (Å²) in [5, 5.41) is 0. The number of hydrogen-bond donors (Lipinski definition) is 2. The molecule has 0 bridgehead atoms. The van der Waals surface area contributed by atoms with Gasteiger partial charge in [0.05, 0.1) is 6.61 Å². The predicted molar refractivity (Wildman–Crippen MR) is 106 cm³/mol. The van der Waals surface area contributed by atoms with Crippen molar-refractivity contribution in [2.75, 3.05) is 6.61 Å². The number of carbonyl (C=O) groups is 1. The Morgan fingerprint density at radius 2 is 1.93 bits per heavy atom. The van der Waals surface area contributed by atoms with Crippen molar-refractivity contribution in [1.82, 2.24) is 4.98 Å². The van der Waals surface area contributed by atoms with Crippen LogP contribution in [0.4, 0.5) is 0 Å². The highest BCUT2D eigenvalue weighted by atomic mass is 16.5. The molecule has 3 aromatic rings. The number of hydrogen-bond acceptors (Lipinski definition) is 2. The summed E-state index contributed by atoms with van der Waals surface area (Å²) in [6.07, 6.45) is 4.09. The van der Waals surface area contributed by atoms with Gasteiger partial charge in [-0.3, -0.25) is 4.79 Å². The number of benzene rings is 2. The van der Waals surface area contributed by atoms with E-state index in [0.717, 1.165) is 23.4 Å². The van der Waals surface area contributed by atoms with Crippen molar-refractivity contribution in [2.45, 2.75) is 25.2 Å². The molecular formula is C23H24N2O2. The van der Waals surface area contributed by atoms with Gasteiger partial charge in [-0.15, -0.1) is 0 Å². The zero-order valence-electron chi connectivity index (χ0n) is 15.2. The fourth-order valence-electron chi connectivity index (χ4n) is 3.84. The van der Waals surface area contributed by atoms with Crippen molar-refractivity contribution >= 4 is 5.91 Å². The molecule has 2 unspecified atom stereocenters. The number of ether oxygens (including phenoxy) is 1. The summed E-state index contributed by atoms with van der Waals surface area (Å²) in [6, 6.07) is 20.7. The van der Waals surface area contributed by atoms with E-state index in [1.807, 2.05) is 36.5 Å². The summed E-state index contributed by atoms with van der Waals surface area (Å²) in [4.78, 5) is 15.1. The van der Waals surface area contributed by atoms with Crippen LogP contribution < -0.4 is 10.5 Å². The van der Waals surface area contributed by atoms with E-state index >= 15 is 0 Å². The average Bonchev–Trinajstić information content (AvgIpc) is 3.32. The number of nitrogens with one attached hydrogen (secondary N) is 1. The maximum absolute atomic E-state index is 12.0. The molecule has 1 aromatic heterocycles. The highest BCUT2D eigenvalue weighted by molar-refractivity contribution is 5.77. The molecule has 0 fully saturated rings. The molecule has 2 aromatic carbocycles. The Balaban J connectivity index is 1.51. The Hall–Kier alpha value is -3.01. The quantitative estimate of drug-likeness (QED) is 0.676. The number of amides is 1.